The van der Waals surface area contributed by atoms with Crippen molar-refractivity contribution in [3.05, 3.63) is 29.3 Å². The molecule has 17 heavy (non-hydrogen) atoms. The Balaban J connectivity index is 2.16. The van der Waals surface area contributed by atoms with Crippen LogP contribution in [-0.4, -0.2) is 26.7 Å². The van der Waals surface area contributed by atoms with Crippen molar-refractivity contribution in [3.63, 3.8) is 0 Å². The maximum absolute atomic E-state index is 11.3. The second-order valence-electron chi connectivity index (χ2n) is 4.09. The van der Waals surface area contributed by atoms with Gasteiger partial charge in [0.25, 0.3) is 0 Å². The smallest absolute Gasteiger partial charge is 0.307 e. The van der Waals surface area contributed by atoms with E-state index in [9.17, 15) is 4.79 Å². The molecule has 0 spiro atoms. The standard InChI is InChI=1S/C13H17NO3/c1-14-11(8-13(15)16-2)9-3-4-12-10(7-9)5-6-17-12/h3-4,7,11,14H,5-6,8H2,1-2H3. The Kier molecular flexibility index (Phi) is 3.64. The SMILES string of the molecule is CNC(CC(=O)OC)c1ccc2c(c1)CCO2. The number of fused-ring (bicyclic) bond motifs is 1. The zero-order valence-corrected chi connectivity index (χ0v) is 10.2. The molecule has 1 aliphatic rings. The van der Waals surface area contributed by atoms with Gasteiger partial charge in [0.1, 0.15) is 5.75 Å². The Labute approximate surface area is 101 Å². The summed E-state index contributed by atoms with van der Waals surface area (Å²) < 4.78 is 10.2. The van der Waals surface area contributed by atoms with Gasteiger partial charge in [-0.25, -0.2) is 0 Å². The Bertz CT molecular complexity index is 417. The van der Waals surface area contributed by atoms with Gasteiger partial charge in [-0.1, -0.05) is 12.1 Å². The Morgan fingerprint density at radius 3 is 3.12 bits per heavy atom. The monoisotopic (exact) mass is 235 g/mol. The number of carbonyl (C=O) groups is 1. The summed E-state index contributed by atoms with van der Waals surface area (Å²) in [7, 11) is 3.25. The second kappa shape index (κ2) is 5.19. The zero-order chi connectivity index (χ0) is 12.3. The largest absolute Gasteiger partial charge is 0.493 e. The van der Waals surface area contributed by atoms with Crippen molar-refractivity contribution in [2.75, 3.05) is 20.8 Å². The molecule has 1 heterocycles. The van der Waals surface area contributed by atoms with Gasteiger partial charge in [0, 0.05) is 12.5 Å². The number of carbonyl (C=O) groups excluding carboxylic acids is 1. The predicted octanol–water partition coefficient (Wildman–Crippen LogP) is 1.45. The van der Waals surface area contributed by atoms with Gasteiger partial charge in [-0.15, -0.1) is 0 Å². The Morgan fingerprint density at radius 2 is 2.41 bits per heavy atom. The van der Waals surface area contributed by atoms with Gasteiger partial charge in [-0.05, 0) is 24.2 Å². The van der Waals surface area contributed by atoms with E-state index >= 15 is 0 Å². The molecule has 0 saturated heterocycles. The van der Waals surface area contributed by atoms with Gasteiger partial charge in [0.15, 0.2) is 0 Å². The molecule has 0 saturated carbocycles. The van der Waals surface area contributed by atoms with E-state index in [1.165, 1.54) is 12.7 Å². The summed E-state index contributed by atoms with van der Waals surface area (Å²) >= 11 is 0. The summed E-state index contributed by atoms with van der Waals surface area (Å²) in [6, 6.07) is 6.06. The molecule has 2 rings (SSSR count). The minimum absolute atomic E-state index is 0.00616. The van der Waals surface area contributed by atoms with Gasteiger partial charge < -0.3 is 14.8 Å². The molecule has 1 unspecified atom stereocenters. The number of benzene rings is 1. The van der Waals surface area contributed by atoms with Gasteiger partial charge in [0.2, 0.25) is 0 Å². The second-order valence-corrected chi connectivity index (χ2v) is 4.09. The van der Waals surface area contributed by atoms with Gasteiger partial charge in [-0.3, -0.25) is 4.79 Å². The van der Waals surface area contributed by atoms with Crippen LogP contribution in [0.4, 0.5) is 0 Å². The lowest BCUT2D eigenvalue weighted by molar-refractivity contribution is -0.141. The van der Waals surface area contributed by atoms with E-state index in [-0.39, 0.29) is 12.0 Å². The molecular formula is C13H17NO3. The van der Waals surface area contributed by atoms with Crippen LogP contribution in [0.3, 0.4) is 0 Å². The van der Waals surface area contributed by atoms with E-state index in [1.54, 1.807) is 0 Å². The number of methoxy groups -OCH3 is 1. The number of hydrogen-bond acceptors (Lipinski definition) is 4. The highest BCUT2D eigenvalue weighted by Crippen LogP contribution is 2.29. The average molecular weight is 235 g/mol. The van der Waals surface area contributed by atoms with E-state index in [0.29, 0.717) is 6.42 Å². The summed E-state index contributed by atoms with van der Waals surface area (Å²) in [5.74, 6) is 0.753. The fourth-order valence-corrected chi connectivity index (χ4v) is 2.06. The van der Waals surface area contributed by atoms with E-state index in [1.807, 2.05) is 19.2 Å². The maximum Gasteiger partial charge on any atom is 0.307 e. The molecule has 0 fully saturated rings. The number of hydrogen-bond donors (Lipinski definition) is 1. The van der Waals surface area contributed by atoms with Crippen LogP contribution >= 0.6 is 0 Å². The number of esters is 1. The molecule has 0 radical (unpaired) electrons. The highest BCUT2D eigenvalue weighted by Gasteiger charge is 2.18. The summed E-state index contributed by atoms with van der Waals surface area (Å²) in [6.07, 6.45) is 1.28. The van der Waals surface area contributed by atoms with Crippen molar-refractivity contribution in [2.45, 2.75) is 18.9 Å². The molecular weight excluding hydrogens is 218 g/mol. The van der Waals surface area contributed by atoms with E-state index in [0.717, 1.165) is 24.3 Å². The van der Waals surface area contributed by atoms with Gasteiger partial charge >= 0.3 is 5.97 Å². The molecule has 1 N–H and O–H groups in total. The maximum atomic E-state index is 11.3. The topological polar surface area (TPSA) is 47.6 Å². The van der Waals surface area contributed by atoms with Crippen molar-refractivity contribution in [1.82, 2.24) is 5.32 Å². The lowest BCUT2D eigenvalue weighted by atomic mass is 10.0. The quantitative estimate of drug-likeness (QED) is 0.802. The number of rotatable bonds is 4. The van der Waals surface area contributed by atoms with E-state index < -0.39 is 0 Å². The first kappa shape index (κ1) is 11.9. The first-order valence-corrected chi connectivity index (χ1v) is 5.74. The summed E-state index contributed by atoms with van der Waals surface area (Å²) in [4.78, 5) is 11.3. The van der Waals surface area contributed by atoms with Crippen LogP contribution in [0.5, 0.6) is 5.75 Å². The van der Waals surface area contributed by atoms with Crippen LogP contribution in [-0.2, 0) is 16.0 Å². The van der Waals surface area contributed by atoms with Crippen LogP contribution in [0.15, 0.2) is 18.2 Å². The lowest BCUT2D eigenvalue weighted by Crippen LogP contribution is -2.20. The molecule has 0 amide bonds. The highest BCUT2D eigenvalue weighted by atomic mass is 16.5. The van der Waals surface area contributed by atoms with Crippen molar-refractivity contribution >= 4 is 5.97 Å². The number of ether oxygens (including phenoxy) is 2. The Morgan fingerprint density at radius 1 is 1.59 bits per heavy atom. The third kappa shape index (κ3) is 2.58. The summed E-state index contributed by atoms with van der Waals surface area (Å²) in [5.41, 5.74) is 2.31. The van der Waals surface area contributed by atoms with Crippen LogP contribution in [0.2, 0.25) is 0 Å². The third-order valence-electron chi connectivity index (χ3n) is 3.06. The minimum Gasteiger partial charge on any atom is -0.493 e. The molecule has 4 heteroatoms. The molecule has 1 aliphatic heterocycles. The minimum atomic E-state index is -0.207. The summed E-state index contributed by atoms with van der Waals surface area (Å²) in [6.45, 7) is 0.750. The Hall–Kier alpha value is -1.55. The molecule has 0 bridgehead atoms. The third-order valence-corrected chi connectivity index (χ3v) is 3.06. The van der Waals surface area contributed by atoms with Crippen LogP contribution in [0.1, 0.15) is 23.6 Å². The first-order valence-electron chi connectivity index (χ1n) is 5.74. The first-order chi connectivity index (χ1) is 8.24. The van der Waals surface area contributed by atoms with Crippen molar-refractivity contribution < 1.29 is 14.3 Å². The van der Waals surface area contributed by atoms with Crippen molar-refractivity contribution in [2.24, 2.45) is 0 Å². The molecule has 0 aliphatic carbocycles. The molecule has 1 aromatic carbocycles. The molecule has 1 aromatic rings. The average Bonchev–Trinajstić information content (AvgIpc) is 2.82. The van der Waals surface area contributed by atoms with Crippen molar-refractivity contribution in [1.29, 1.82) is 0 Å². The normalized spacial score (nSPS) is 14.9. The molecule has 92 valence electrons. The van der Waals surface area contributed by atoms with E-state index in [4.69, 9.17) is 9.47 Å². The van der Waals surface area contributed by atoms with Crippen LogP contribution < -0.4 is 10.1 Å². The van der Waals surface area contributed by atoms with Crippen LogP contribution in [0, 0.1) is 0 Å². The predicted molar refractivity (Wildman–Crippen MR) is 64.1 cm³/mol. The highest BCUT2D eigenvalue weighted by molar-refractivity contribution is 5.70. The van der Waals surface area contributed by atoms with Crippen LogP contribution in [0.25, 0.3) is 0 Å². The van der Waals surface area contributed by atoms with Gasteiger partial charge in [-0.2, -0.15) is 0 Å². The molecule has 4 nitrogen and oxygen atoms in total. The lowest BCUT2D eigenvalue weighted by Gasteiger charge is -2.16. The number of nitrogens with one attached hydrogen (secondary N) is 1. The molecule has 1 atom stereocenters. The molecule has 0 aromatic heterocycles. The fraction of sp³-hybridized carbons (Fsp3) is 0.462. The summed E-state index contributed by atoms with van der Waals surface area (Å²) in [5, 5.41) is 3.13. The fourth-order valence-electron chi connectivity index (χ4n) is 2.06. The zero-order valence-electron chi connectivity index (χ0n) is 10.2. The van der Waals surface area contributed by atoms with Crippen molar-refractivity contribution in [3.8, 4) is 5.75 Å². The van der Waals surface area contributed by atoms with E-state index in [2.05, 4.69) is 11.4 Å². The van der Waals surface area contributed by atoms with Gasteiger partial charge in [0.05, 0.1) is 20.1 Å².